The van der Waals surface area contributed by atoms with E-state index in [0.29, 0.717) is 0 Å². The summed E-state index contributed by atoms with van der Waals surface area (Å²) in [5.41, 5.74) is 4.67. The van der Waals surface area contributed by atoms with Gasteiger partial charge in [-0.15, -0.1) is 22.7 Å². The molecule has 6 rings (SSSR count). The first-order valence-corrected chi connectivity index (χ1v) is 11.4. The lowest BCUT2D eigenvalue weighted by atomic mass is 9.85. The fraction of sp³-hybridized carbons (Fsp3) is 0.160. The third-order valence-corrected chi connectivity index (χ3v) is 7.74. The fourth-order valence-corrected chi connectivity index (χ4v) is 6.50. The molecule has 0 N–H and O–H groups in total. The van der Waals surface area contributed by atoms with Crippen LogP contribution in [0.4, 0.5) is 0 Å². The Morgan fingerprint density at radius 1 is 0.931 bits per heavy atom. The molecule has 29 heavy (non-hydrogen) atoms. The van der Waals surface area contributed by atoms with Crippen LogP contribution in [0.25, 0.3) is 52.5 Å². The van der Waals surface area contributed by atoms with Crippen LogP contribution in [0, 0.1) is 0 Å². The average Bonchev–Trinajstić information content (AvgIpc) is 3.42. The summed E-state index contributed by atoms with van der Waals surface area (Å²) in [6.07, 6.45) is 3.70. The maximum absolute atomic E-state index is 5.81. The molecule has 142 valence electrons. The van der Waals surface area contributed by atoms with E-state index in [1.165, 1.54) is 41.4 Å². The second kappa shape index (κ2) is 5.91. The van der Waals surface area contributed by atoms with Gasteiger partial charge in [0.1, 0.15) is 0 Å². The predicted octanol–water partition coefficient (Wildman–Crippen LogP) is 8.37. The molecule has 0 fully saturated rings. The summed E-state index contributed by atoms with van der Waals surface area (Å²) in [7, 11) is 0. The SMILES string of the molecule is CC(C)(C)c1cc(-c2nccc3sc4c(ccc5ccoc54)c23)cc2ccsc12. The highest BCUT2D eigenvalue weighted by molar-refractivity contribution is 7.26. The molecule has 4 heterocycles. The second-order valence-corrected chi connectivity index (χ2v) is 10.5. The van der Waals surface area contributed by atoms with E-state index in [1.54, 1.807) is 17.6 Å². The minimum atomic E-state index is 0.0735. The van der Waals surface area contributed by atoms with Crippen molar-refractivity contribution in [2.24, 2.45) is 0 Å². The van der Waals surface area contributed by atoms with Crippen LogP contribution in [-0.4, -0.2) is 4.98 Å². The Morgan fingerprint density at radius 3 is 2.69 bits per heavy atom. The lowest BCUT2D eigenvalue weighted by molar-refractivity contribution is 0.597. The summed E-state index contributed by atoms with van der Waals surface area (Å²) in [5, 5.41) is 7.07. The molecular formula is C25H19NOS2. The van der Waals surface area contributed by atoms with Crippen molar-refractivity contribution in [1.82, 2.24) is 4.98 Å². The molecule has 2 aromatic carbocycles. The number of hydrogen-bond acceptors (Lipinski definition) is 4. The van der Waals surface area contributed by atoms with Crippen molar-refractivity contribution >= 4 is 63.9 Å². The number of nitrogens with zero attached hydrogens (tertiary/aromatic N) is 1. The molecule has 0 amide bonds. The van der Waals surface area contributed by atoms with E-state index >= 15 is 0 Å². The molecule has 0 aliphatic heterocycles. The molecule has 0 saturated carbocycles. The van der Waals surface area contributed by atoms with Crippen LogP contribution in [0.3, 0.4) is 0 Å². The lowest BCUT2D eigenvalue weighted by Gasteiger charge is -2.21. The van der Waals surface area contributed by atoms with Crippen LogP contribution in [-0.2, 0) is 5.41 Å². The van der Waals surface area contributed by atoms with Gasteiger partial charge in [-0.25, -0.2) is 0 Å². The Labute approximate surface area is 176 Å². The van der Waals surface area contributed by atoms with Crippen molar-refractivity contribution in [2.45, 2.75) is 26.2 Å². The van der Waals surface area contributed by atoms with E-state index in [9.17, 15) is 0 Å². The van der Waals surface area contributed by atoms with Gasteiger partial charge in [0.2, 0.25) is 0 Å². The van der Waals surface area contributed by atoms with Gasteiger partial charge in [0.25, 0.3) is 0 Å². The normalized spacial score (nSPS) is 12.7. The van der Waals surface area contributed by atoms with Gasteiger partial charge < -0.3 is 4.42 Å². The van der Waals surface area contributed by atoms with Crippen LogP contribution >= 0.6 is 22.7 Å². The van der Waals surface area contributed by atoms with E-state index in [0.717, 1.165) is 16.7 Å². The summed E-state index contributed by atoms with van der Waals surface area (Å²) in [5.74, 6) is 0. The number of pyridine rings is 1. The quantitative estimate of drug-likeness (QED) is 0.270. The summed E-state index contributed by atoms with van der Waals surface area (Å²) in [6.45, 7) is 6.85. The van der Waals surface area contributed by atoms with Gasteiger partial charge in [-0.3, -0.25) is 4.98 Å². The maximum atomic E-state index is 5.81. The molecule has 0 aliphatic rings. The smallest absolute Gasteiger partial charge is 0.151 e. The van der Waals surface area contributed by atoms with Crippen molar-refractivity contribution < 1.29 is 4.42 Å². The van der Waals surface area contributed by atoms with Crippen LogP contribution in [0.1, 0.15) is 26.3 Å². The summed E-state index contributed by atoms with van der Waals surface area (Å²) in [4.78, 5) is 4.86. The molecule has 0 atom stereocenters. The molecule has 0 unspecified atom stereocenters. The predicted molar refractivity (Wildman–Crippen MR) is 126 cm³/mol. The van der Waals surface area contributed by atoms with Crippen molar-refractivity contribution in [1.29, 1.82) is 0 Å². The van der Waals surface area contributed by atoms with Gasteiger partial charge in [-0.2, -0.15) is 0 Å². The Balaban J connectivity index is 1.73. The third kappa shape index (κ3) is 2.49. The van der Waals surface area contributed by atoms with Gasteiger partial charge in [-0.1, -0.05) is 32.9 Å². The Kier molecular flexibility index (Phi) is 3.50. The Morgan fingerprint density at radius 2 is 1.83 bits per heavy atom. The maximum Gasteiger partial charge on any atom is 0.151 e. The highest BCUT2D eigenvalue weighted by Gasteiger charge is 2.21. The van der Waals surface area contributed by atoms with Crippen molar-refractivity contribution in [3.05, 3.63) is 65.9 Å². The molecule has 6 aromatic rings. The van der Waals surface area contributed by atoms with Crippen LogP contribution in [0.15, 0.2) is 64.7 Å². The molecular weight excluding hydrogens is 394 g/mol. The number of rotatable bonds is 1. The molecule has 0 aliphatic carbocycles. The zero-order valence-electron chi connectivity index (χ0n) is 16.4. The Hall–Kier alpha value is -2.69. The lowest BCUT2D eigenvalue weighted by Crippen LogP contribution is -2.11. The van der Waals surface area contributed by atoms with Gasteiger partial charge in [0, 0.05) is 37.3 Å². The third-order valence-electron chi connectivity index (χ3n) is 5.60. The average molecular weight is 414 g/mol. The minimum Gasteiger partial charge on any atom is -0.463 e. The van der Waals surface area contributed by atoms with E-state index < -0.39 is 0 Å². The molecule has 0 radical (unpaired) electrons. The molecule has 0 spiro atoms. The Bertz CT molecular complexity index is 1540. The topological polar surface area (TPSA) is 26.0 Å². The van der Waals surface area contributed by atoms with E-state index in [-0.39, 0.29) is 5.41 Å². The molecule has 4 aromatic heterocycles. The first kappa shape index (κ1) is 17.2. The zero-order chi connectivity index (χ0) is 19.8. The van der Waals surface area contributed by atoms with Gasteiger partial charge >= 0.3 is 0 Å². The van der Waals surface area contributed by atoms with Crippen molar-refractivity contribution in [2.75, 3.05) is 0 Å². The van der Waals surface area contributed by atoms with Crippen LogP contribution < -0.4 is 0 Å². The number of benzene rings is 2. The summed E-state index contributed by atoms with van der Waals surface area (Å²) < 4.78 is 9.63. The second-order valence-electron chi connectivity index (χ2n) is 8.53. The molecule has 0 saturated heterocycles. The largest absolute Gasteiger partial charge is 0.463 e. The summed E-state index contributed by atoms with van der Waals surface area (Å²) in [6, 6.07) is 15.4. The van der Waals surface area contributed by atoms with E-state index in [1.807, 2.05) is 23.6 Å². The number of fused-ring (bicyclic) bond motifs is 6. The molecule has 0 bridgehead atoms. The van der Waals surface area contributed by atoms with E-state index in [2.05, 4.69) is 62.5 Å². The standard InChI is InChI=1S/C25H19NOS2/c1-25(2,3)18-13-16(12-15-8-11-28-23(15)18)21-20-17-5-4-14-7-10-27-22(14)24(17)29-19(20)6-9-26-21/h4-13H,1-3H3. The number of aromatic nitrogens is 1. The van der Waals surface area contributed by atoms with Crippen LogP contribution in [0.2, 0.25) is 0 Å². The van der Waals surface area contributed by atoms with Gasteiger partial charge in [0.05, 0.1) is 16.7 Å². The zero-order valence-corrected chi connectivity index (χ0v) is 18.1. The number of furan rings is 1. The fourth-order valence-electron chi connectivity index (χ4n) is 4.20. The minimum absolute atomic E-state index is 0.0735. The highest BCUT2D eigenvalue weighted by atomic mass is 32.1. The first-order chi connectivity index (χ1) is 14.0. The van der Waals surface area contributed by atoms with Crippen molar-refractivity contribution in [3.63, 3.8) is 0 Å². The monoisotopic (exact) mass is 413 g/mol. The molecule has 2 nitrogen and oxygen atoms in total. The van der Waals surface area contributed by atoms with Crippen molar-refractivity contribution in [3.8, 4) is 11.3 Å². The first-order valence-electron chi connectivity index (χ1n) is 9.70. The van der Waals surface area contributed by atoms with E-state index in [4.69, 9.17) is 9.40 Å². The molecule has 4 heteroatoms. The number of thiophene rings is 2. The summed E-state index contributed by atoms with van der Waals surface area (Å²) >= 11 is 3.61. The van der Waals surface area contributed by atoms with Gasteiger partial charge in [-0.05, 0) is 52.1 Å². The number of hydrogen-bond donors (Lipinski definition) is 0. The van der Waals surface area contributed by atoms with Gasteiger partial charge in [0.15, 0.2) is 5.58 Å². The highest BCUT2D eigenvalue weighted by Crippen LogP contribution is 2.44. The van der Waals surface area contributed by atoms with Crippen LogP contribution in [0.5, 0.6) is 0 Å².